The normalized spacial score (nSPS) is 26.2. The van der Waals surface area contributed by atoms with Gasteiger partial charge in [0.15, 0.2) is 0 Å². The summed E-state index contributed by atoms with van der Waals surface area (Å²) >= 11 is 0. The van der Waals surface area contributed by atoms with E-state index < -0.39 is 0 Å². The van der Waals surface area contributed by atoms with Crippen LogP contribution in [0.5, 0.6) is 0 Å². The van der Waals surface area contributed by atoms with Crippen LogP contribution in [0.25, 0.3) is 10.9 Å². The van der Waals surface area contributed by atoms with Gasteiger partial charge in [0.25, 0.3) is 0 Å². The van der Waals surface area contributed by atoms with Gasteiger partial charge in [-0.25, -0.2) is 4.39 Å². The van der Waals surface area contributed by atoms with Gasteiger partial charge in [0, 0.05) is 47.3 Å². The average molecular weight is 467 g/mol. The fourth-order valence-electron chi connectivity index (χ4n) is 6.44. The van der Waals surface area contributed by atoms with Crippen molar-refractivity contribution in [1.82, 2.24) is 9.97 Å². The van der Waals surface area contributed by atoms with Crippen molar-refractivity contribution in [3.8, 4) is 11.8 Å². The summed E-state index contributed by atoms with van der Waals surface area (Å²) in [6.07, 6.45) is 11.0. The molecule has 3 nitrogen and oxygen atoms in total. The Hall–Kier alpha value is -3.06. The number of hydrogen-bond donors (Lipinski definition) is 0. The third-order valence-corrected chi connectivity index (χ3v) is 8.62. The highest BCUT2D eigenvalue weighted by Crippen LogP contribution is 2.54. The van der Waals surface area contributed by atoms with Crippen LogP contribution in [0.3, 0.4) is 0 Å². The molecule has 2 heterocycles. The zero-order valence-corrected chi connectivity index (χ0v) is 20.2. The lowest BCUT2D eigenvalue weighted by Crippen LogP contribution is -2.22. The molecule has 3 aromatic rings. The molecule has 0 spiro atoms. The van der Waals surface area contributed by atoms with E-state index >= 15 is 0 Å². The van der Waals surface area contributed by atoms with E-state index in [0.29, 0.717) is 41.8 Å². The molecule has 0 radical (unpaired) electrons. The molecule has 178 valence electrons. The van der Waals surface area contributed by atoms with Gasteiger partial charge in [0.1, 0.15) is 11.6 Å². The maximum Gasteiger partial charge on any atom is 0.141 e. The predicted octanol–water partition coefficient (Wildman–Crippen LogP) is 6.50. The SMILES string of the molecule is CC(C(=O)Cc1ccc(C#CC2CC2)cn1)C1C[C@H]2CC(c3ccnc4ccc(F)cc34)C[C@H]2C1. The molecular weight excluding hydrogens is 435 g/mol. The van der Waals surface area contributed by atoms with Crippen molar-refractivity contribution >= 4 is 16.7 Å². The van der Waals surface area contributed by atoms with E-state index in [1.54, 1.807) is 18.3 Å². The first-order valence-corrected chi connectivity index (χ1v) is 13.1. The second-order valence-electron chi connectivity index (χ2n) is 11.0. The summed E-state index contributed by atoms with van der Waals surface area (Å²) in [5.41, 5.74) is 3.88. The van der Waals surface area contributed by atoms with Gasteiger partial charge in [-0.2, -0.15) is 0 Å². The number of benzene rings is 1. The number of aromatic nitrogens is 2. The molecule has 4 heteroatoms. The molecule has 3 unspecified atom stereocenters. The van der Waals surface area contributed by atoms with Crippen LogP contribution in [0.2, 0.25) is 0 Å². The summed E-state index contributed by atoms with van der Waals surface area (Å²) in [6, 6.07) is 10.9. The number of carbonyl (C=O) groups is 1. The molecule has 0 saturated heterocycles. The number of pyridine rings is 2. The second kappa shape index (κ2) is 9.19. The maximum absolute atomic E-state index is 13.9. The third kappa shape index (κ3) is 4.74. The molecule has 2 aromatic heterocycles. The van der Waals surface area contributed by atoms with E-state index in [0.717, 1.165) is 47.8 Å². The molecule has 3 aliphatic carbocycles. The number of fused-ring (bicyclic) bond motifs is 2. The summed E-state index contributed by atoms with van der Waals surface area (Å²) in [7, 11) is 0. The summed E-state index contributed by atoms with van der Waals surface area (Å²) in [5.74, 6) is 9.38. The monoisotopic (exact) mass is 466 g/mol. The van der Waals surface area contributed by atoms with Gasteiger partial charge in [-0.1, -0.05) is 18.8 Å². The van der Waals surface area contributed by atoms with Crippen molar-refractivity contribution in [3.05, 3.63) is 71.4 Å². The molecule has 1 aromatic carbocycles. The van der Waals surface area contributed by atoms with Crippen molar-refractivity contribution in [3.63, 3.8) is 0 Å². The molecule has 3 saturated carbocycles. The van der Waals surface area contributed by atoms with Crippen LogP contribution in [0.15, 0.2) is 48.8 Å². The molecule has 5 atom stereocenters. The Kier molecular flexibility index (Phi) is 5.88. The van der Waals surface area contributed by atoms with Crippen LogP contribution in [-0.4, -0.2) is 15.8 Å². The van der Waals surface area contributed by atoms with E-state index in [1.165, 1.54) is 24.5 Å². The Balaban J connectivity index is 1.07. The van der Waals surface area contributed by atoms with Gasteiger partial charge in [0.05, 0.1) is 5.52 Å². The van der Waals surface area contributed by atoms with Crippen LogP contribution in [0.4, 0.5) is 4.39 Å². The van der Waals surface area contributed by atoms with Crippen LogP contribution in [0.1, 0.15) is 68.2 Å². The minimum atomic E-state index is -0.201. The Morgan fingerprint density at radius 1 is 1.06 bits per heavy atom. The molecular formula is C31H31FN2O. The Bertz CT molecular complexity index is 1300. The quantitative estimate of drug-likeness (QED) is 0.403. The summed E-state index contributed by atoms with van der Waals surface area (Å²) in [4.78, 5) is 22.0. The number of Topliss-reactive ketones (excluding diaryl/α,β-unsaturated/α-hetero) is 1. The van der Waals surface area contributed by atoms with Gasteiger partial charge in [-0.15, -0.1) is 0 Å². The van der Waals surface area contributed by atoms with E-state index in [9.17, 15) is 9.18 Å². The van der Waals surface area contributed by atoms with E-state index in [2.05, 4.69) is 34.8 Å². The van der Waals surface area contributed by atoms with Crippen molar-refractivity contribution in [2.75, 3.05) is 0 Å². The van der Waals surface area contributed by atoms with Gasteiger partial charge in [-0.05, 0) is 104 Å². The minimum absolute atomic E-state index is 0.0611. The molecule has 0 amide bonds. The van der Waals surface area contributed by atoms with E-state index in [1.807, 2.05) is 18.3 Å². The summed E-state index contributed by atoms with van der Waals surface area (Å²) < 4.78 is 13.9. The predicted molar refractivity (Wildman–Crippen MR) is 135 cm³/mol. The molecule has 35 heavy (non-hydrogen) atoms. The number of carbonyl (C=O) groups excluding carboxylic acids is 1. The highest BCUT2D eigenvalue weighted by molar-refractivity contribution is 5.83. The highest BCUT2D eigenvalue weighted by atomic mass is 19.1. The highest BCUT2D eigenvalue weighted by Gasteiger charge is 2.44. The van der Waals surface area contributed by atoms with Crippen molar-refractivity contribution < 1.29 is 9.18 Å². The lowest BCUT2D eigenvalue weighted by molar-refractivity contribution is -0.123. The summed E-state index contributed by atoms with van der Waals surface area (Å²) in [5, 5.41) is 0.953. The number of rotatable bonds is 5. The van der Waals surface area contributed by atoms with Gasteiger partial charge in [-0.3, -0.25) is 14.8 Å². The van der Waals surface area contributed by atoms with Gasteiger partial charge in [0.2, 0.25) is 0 Å². The first-order chi connectivity index (χ1) is 17.0. The minimum Gasteiger partial charge on any atom is -0.299 e. The smallest absolute Gasteiger partial charge is 0.141 e. The van der Waals surface area contributed by atoms with Crippen molar-refractivity contribution in [2.45, 2.75) is 57.8 Å². The second-order valence-corrected chi connectivity index (χ2v) is 11.0. The topological polar surface area (TPSA) is 42.9 Å². The number of nitrogens with zero attached hydrogens (tertiary/aromatic N) is 2. The summed E-state index contributed by atoms with van der Waals surface area (Å²) in [6.45, 7) is 2.11. The standard InChI is InChI=1S/C31H31FN2O/c1-19(31(35)17-27-8-6-21(18-34-27)5-4-20-2-3-20)22-12-23-14-25(15-24(23)13-22)28-10-11-33-30-9-7-26(32)16-29(28)30/h6-11,16,18-20,22-25H,2-3,12-15,17H2,1H3/t19?,22?,23-,24+,25?. The van der Waals surface area contributed by atoms with Gasteiger partial charge < -0.3 is 0 Å². The molecule has 0 bridgehead atoms. The first-order valence-electron chi connectivity index (χ1n) is 13.1. The molecule has 6 rings (SSSR count). The van der Waals surface area contributed by atoms with Crippen LogP contribution >= 0.6 is 0 Å². The van der Waals surface area contributed by atoms with E-state index in [4.69, 9.17) is 0 Å². The zero-order chi connectivity index (χ0) is 23.9. The van der Waals surface area contributed by atoms with Gasteiger partial charge >= 0.3 is 0 Å². The fraction of sp³-hybridized carbons (Fsp3) is 0.452. The zero-order valence-electron chi connectivity index (χ0n) is 20.2. The Morgan fingerprint density at radius 2 is 1.86 bits per heavy atom. The third-order valence-electron chi connectivity index (χ3n) is 8.62. The number of halogens is 1. The molecule has 3 fully saturated rings. The molecule has 3 aliphatic rings. The number of hydrogen-bond acceptors (Lipinski definition) is 3. The van der Waals surface area contributed by atoms with E-state index in [-0.39, 0.29) is 11.7 Å². The van der Waals surface area contributed by atoms with Crippen LogP contribution < -0.4 is 0 Å². The fourth-order valence-corrected chi connectivity index (χ4v) is 6.44. The van der Waals surface area contributed by atoms with Crippen LogP contribution in [-0.2, 0) is 11.2 Å². The Labute approximate surface area is 206 Å². The van der Waals surface area contributed by atoms with Crippen molar-refractivity contribution in [1.29, 1.82) is 0 Å². The maximum atomic E-state index is 13.9. The lowest BCUT2D eigenvalue weighted by atomic mass is 9.83. The Morgan fingerprint density at radius 3 is 2.57 bits per heavy atom. The average Bonchev–Trinajstić information content (AvgIpc) is 3.49. The number of ketones is 1. The largest absolute Gasteiger partial charge is 0.299 e. The van der Waals surface area contributed by atoms with Crippen LogP contribution in [0, 0.1) is 47.2 Å². The lowest BCUT2D eigenvalue weighted by Gasteiger charge is -2.21. The first kappa shape index (κ1) is 22.4. The molecule has 0 N–H and O–H groups in total. The molecule has 0 aliphatic heterocycles. The van der Waals surface area contributed by atoms with Crippen molar-refractivity contribution in [2.24, 2.45) is 29.6 Å².